The summed E-state index contributed by atoms with van der Waals surface area (Å²) in [6.45, 7) is 19.9. The molecule has 9 aliphatic carbocycles. The van der Waals surface area contributed by atoms with Crippen LogP contribution in [0, 0.1) is 59.2 Å². The first-order valence-electron chi connectivity index (χ1n) is 20.0. The monoisotopic (exact) mass is 788 g/mol. The number of hydrogen-bond acceptors (Lipinski definition) is 7. The number of carbonyl (C=O) groups is 4. The van der Waals surface area contributed by atoms with Gasteiger partial charge in [0.05, 0.1) is 0 Å². The second kappa shape index (κ2) is 21.1. The van der Waals surface area contributed by atoms with E-state index in [-0.39, 0.29) is 95.2 Å². The first-order chi connectivity index (χ1) is 25.5. The summed E-state index contributed by atoms with van der Waals surface area (Å²) in [5.41, 5.74) is 6.02. The molecular weight excluding hydrogens is 724 g/mol. The number of ketones is 4. The Labute approximate surface area is 363 Å². The molecule has 7 nitrogen and oxygen atoms in total. The molecule has 0 amide bonds. The van der Waals surface area contributed by atoms with Crippen molar-refractivity contribution in [2.24, 2.45) is 59.2 Å². The van der Waals surface area contributed by atoms with Crippen molar-refractivity contribution in [3.63, 3.8) is 0 Å². The number of rotatable bonds is 3. The maximum Gasteiger partial charge on any atom is 1.00 e. The number of benzene rings is 1. The Hall–Kier alpha value is -3.36. The Morgan fingerprint density at radius 1 is 0.632 bits per heavy atom. The summed E-state index contributed by atoms with van der Waals surface area (Å²) in [7, 11) is 0. The molecule has 0 saturated heterocycles. The maximum atomic E-state index is 12.2. The topological polar surface area (TPSA) is 139 Å². The number of hydrogen-bond donors (Lipinski definition) is 2. The fourth-order valence-corrected chi connectivity index (χ4v) is 9.79. The van der Waals surface area contributed by atoms with Crippen LogP contribution in [0.4, 0.5) is 0 Å². The zero-order valence-electron chi connectivity index (χ0n) is 35.0. The van der Waals surface area contributed by atoms with Crippen LogP contribution in [0.2, 0.25) is 0 Å². The maximum absolute atomic E-state index is 12.2. The Balaban J connectivity index is 0.000000271. The van der Waals surface area contributed by atoms with E-state index in [9.17, 15) is 29.4 Å². The van der Waals surface area contributed by atoms with E-state index in [1.54, 1.807) is 12.1 Å². The molecule has 0 aliphatic heterocycles. The van der Waals surface area contributed by atoms with Gasteiger partial charge in [0.1, 0.15) is 11.5 Å². The summed E-state index contributed by atoms with van der Waals surface area (Å²) in [4.78, 5) is 44.9. The minimum absolute atomic E-state index is 0. The van der Waals surface area contributed by atoms with Crippen LogP contribution in [0.25, 0.3) is 0 Å². The SMILES string of the molecule is C.CC1=CC2C(C(C)C)CC1C1C(=O)C=CC(=O)C21.CC1=CC2c3c(O)ccc(O)c3C1CC2C(C)C.CC1=CCC(C(C)C)C=C1.O=C1C=CC(=O)C=C1.[Na+].[OH-]. The molecule has 1 fully saturated rings. The van der Waals surface area contributed by atoms with Crippen LogP contribution < -0.4 is 29.6 Å². The van der Waals surface area contributed by atoms with Gasteiger partial charge in [0.25, 0.3) is 0 Å². The van der Waals surface area contributed by atoms with Gasteiger partial charge in [-0.1, -0.05) is 96.1 Å². The van der Waals surface area contributed by atoms with Crippen molar-refractivity contribution in [1.82, 2.24) is 0 Å². The van der Waals surface area contributed by atoms with Crippen LogP contribution in [-0.2, 0) is 19.2 Å². The van der Waals surface area contributed by atoms with Gasteiger partial charge in [0.2, 0.25) is 0 Å². The smallest absolute Gasteiger partial charge is 0.870 e. The number of allylic oxidation sites excluding steroid dienone is 14. The van der Waals surface area contributed by atoms with Crippen LogP contribution >= 0.6 is 0 Å². The van der Waals surface area contributed by atoms with Crippen molar-refractivity contribution in [1.29, 1.82) is 0 Å². The molecule has 304 valence electrons. The summed E-state index contributed by atoms with van der Waals surface area (Å²) in [6.07, 6.45) is 22.9. The van der Waals surface area contributed by atoms with Gasteiger partial charge in [0, 0.05) is 34.8 Å². The third-order valence-corrected chi connectivity index (χ3v) is 13.0. The van der Waals surface area contributed by atoms with Gasteiger partial charge >= 0.3 is 29.6 Å². The molecule has 0 heterocycles. The summed E-state index contributed by atoms with van der Waals surface area (Å²) in [5, 5.41) is 20.3. The number of aromatic hydroxyl groups is 2. The molecule has 8 heteroatoms. The standard InChI is InChI=1S/2C16H20O2.C10H16.C6H4O2.CH4.Na.H2O/c2*1-8(2)10-7-11-9(3)6-12(10)16-14(18)5-4-13(17)15(11)16;1-8(2)10-6-4-9(3)5-7-10;7-5-1-2-6(8)4-3-5;;;/h4-6,8,10-12,17-18H,7H2,1-3H3;4-6,8,10-12,15-16H,7H2,1-3H3;4-6,8,10H,7H2,1-3H3;1-4H;1H4;;1H2/q;;;;;+1;/p-1. The van der Waals surface area contributed by atoms with E-state index in [1.165, 1.54) is 59.6 Å². The molecule has 1 aromatic rings. The van der Waals surface area contributed by atoms with Crippen molar-refractivity contribution < 1.29 is 64.4 Å². The summed E-state index contributed by atoms with van der Waals surface area (Å²) in [5.74, 6) is 5.64. The Morgan fingerprint density at radius 3 is 1.65 bits per heavy atom. The first kappa shape index (κ1) is 49.8. The van der Waals surface area contributed by atoms with Crippen molar-refractivity contribution in [2.45, 2.75) is 101 Å². The zero-order chi connectivity index (χ0) is 39.6. The predicted octanol–water partition coefficient (Wildman–Crippen LogP) is 7.57. The van der Waals surface area contributed by atoms with Crippen molar-refractivity contribution >= 4 is 23.1 Å². The van der Waals surface area contributed by atoms with E-state index in [1.807, 2.05) is 0 Å². The molecule has 1 aromatic carbocycles. The molecule has 9 aliphatic rings. The largest absolute Gasteiger partial charge is 1.00 e. The van der Waals surface area contributed by atoms with Gasteiger partial charge in [-0.15, -0.1) is 0 Å². The number of carbonyl (C=O) groups excluding carboxylic acids is 4. The second-order valence-electron chi connectivity index (χ2n) is 17.4. The fraction of sp³-hybridized carbons (Fsp3) is 0.510. The predicted molar refractivity (Wildman–Crippen MR) is 225 cm³/mol. The third-order valence-electron chi connectivity index (χ3n) is 13.0. The average Bonchev–Trinajstić information content (AvgIpc) is 3.13. The Bertz CT molecular complexity index is 1830. The van der Waals surface area contributed by atoms with Crippen molar-refractivity contribution in [3.8, 4) is 11.5 Å². The number of phenolic OH excluding ortho intramolecular Hbond substituents is 2. The van der Waals surface area contributed by atoms with E-state index in [2.05, 4.69) is 92.7 Å². The van der Waals surface area contributed by atoms with E-state index in [0.717, 1.165) is 35.8 Å². The number of fused-ring (bicyclic) bond motifs is 2. The number of phenols is 2. The van der Waals surface area contributed by atoms with Crippen LogP contribution in [0.1, 0.15) is 112 Å². The Morgan fingerprint density at radius 2 is 1.16 bits per heavy atom. The van der Waals surface area contributed by atoms with Crippen LogP contribution in [0.5, 0.6) is 11.5 Å². The quantitative estimate of drug-likeness (QED) is 0.139. The zero-order valence-corrected chi connectivity index (χ0v) is 37.0. The normalized spacial score (nSPS) is 29.5. The molecule has 3 N–H and O–H groups in total. The van der Waals surface area contributed by atoms with Gasteiger partial charge in [0.15, 0.2) is 23.1 Å². The molecule has 9 atom stereocenters. The van der Waals surface area contributed by atoms with Gasteiger partial charge in [-0.05, 0) is 136 Å². The van der Waals surface area contributed by atoms with Gasteiger partial charge < -0.3 is 15.7 Å². The second-order valence-corrected chi connectivity index (χ2v) is 17.4. The van der Waals surface area contributed by atoms with Crippen LogP contribution in [0.3, 0.4) is 0 Å². The average molecular weight is 789 g/mol. The minimum Gasteiger partial charge on any atom is -0.870 e. The molecule has 1 saturated carbocycles. The van der Waals surface area contributed by atoms with E-state index >= 15 is 0 Å². The molecule has 0 aromatic heterocycles. The molecule has 0 spiro atoms. The van der Waals surface area contributed by atoms with Gasteiger partial charge in [-0.25, -0.2) is 0 Å². The van der Waals surface area contributed by atoms with Crippen LogP contribution in [0.15, 0.2) is 95.7 Å². The van der Waals surface area contributed by atoms with Gasteiger partial charge in [-0.3, -0.25) is 19.2 Å². The Kier molecular flexibility index (Phi) is 18.4. The van der Waals surface area contributed by atoms with Crippen molar-refractivity contribution in [3.05, 3.63) is 107 Å². The molecule has 57 heavy (non-hydrogen) atoms. The third kappa shape index (κ3) is 11.0. The summed E-state index contributed by atoms with van der Waals surface area (Å²) >= 11 is 0. The first-order valence-corrected chi connectivity index (χ1v) is 20.0. The van der Waals surface area contributed by atoms with Gasteiger partial charge in [-0.2, -0.15) is 0 Å². The van der Waals surface area contributed by atoms with E-state index in [4.69, 9.17) is 0 Å². The van der Waals surface area contributed by atoms with Crippen molar-refractivity contribution in [2.75, 3.05) is 0 Å². The van der Waals surface area contributed by atoms with Crippen LogP contribution in [-0.4, -0.2) is 38.8 Å². The summed E-state index contributed by atoms with van der Waals surface area (Å²) in [6, 6.07) is 3.24. The molecular formula is C49H65NaO7. The molecule has 0 radical (unpaired) electrons. The fourth-order valence-electron chi connectivity index (χ4n) is 9.79. The summed E-state index contributed by atoms with van der Waals surface area (Å²) < 4.78 is 0. The minimum atomic E-state index is -0.121. The molecule has 10 rings (SSSR count). The van der Waals surface area contributed by atoms with E-state index < -0.39 is 0 Å². The molecule has 9 unspecified atom stereocenters. The molecule has 4 bridgehead atoms. The van der Waals surface area contributed by atoms with E-state index in [0.29, 0.717) is 41.1 Å².